The lowest BCUT2D eigenvalue weighted by molar-refractivity contribution is 0.340. The highest BCUT2D eigenvalue weighted by Crippen LogP contribution is 2.38. The fourth-order valence-electron chi connectivity index (χ4n) is 3.03. The van der Waals surface area contributed by atoms with Crippen LogP contribution in [0.15, 0.2) is 54.2 Å². The Morgan fingerprint density at radius 3 is 2.56 bits per heavy atom. The van der Waals surface area contributed by atoms with E-state index in [9.17, 15) is 0 Å². The highest BCUT2D eigenvalue weighted by Gasteiger charge is 2.14. The first-order valence-electron chi connectivity index (χ1n) is 8.95. The van der Waals surface area contributed by atoms with Gasteiger partial charge in [0.05, 0.1) is 12.0 Å². The lowest BCUT2D eigenvalue weighted by Gasteiger charge is -2.10. The van der Waals surface area contributed by atoms with Crippen molar-refractivity contribution in [3.8, 4) is 16.9 Å². The lowest BCUT2D eigenvalue weighted by atomic mass is 10.0. The van der Waals surface area contributed by atoms with Crippen molar-refractivity contribution in [1.82, 2.24) is 9.97 Å². The smallest absolute Gasteiger partial charge is 0.143 e. The molecular formula is C22H21N3OS. The van der Waals surface area contributed by atoms with Crippen LogP contribution in [0.2, 0.25) is 0 Å². The van der Waals surface area contributed by atoms with Crippen molar-refractivity contribution < 1.29 is 4.74 Å². The minimum absolute atomic E-state index is 0.660. The molecule has 5 heteroatoms. The number of rotatable bonds is 5. The van der Waals surface area contributed by atoms with Crippen LogP contribution in [0.1, 0.15) is 18.1 Å². The molecule has 0 fully saturated rings. The van der Waals surface area contributed by atoms with Crippen molar-refractivity contribution in [3.05, 3.63) is 65.3 Å². The van der Waals surface area contributed by atoms with Crippen molar-refractivity contribution in [1.29, 1.82) is 0 Å². The zero-order chi connectivity index (χ0) is 18.8. The average molecular weight is 375 g/mol. The summed E-state index contributed by atoms with van der Waals surface area (Å²) >= 11 is 1.64. The van der Waals surface area contributed by atoms with Gasteiger partial charge in [0, 0.05) is 16.6 Å². The van der Waals surface area contributed by atoms with Gasteiger partial charge in [0.15, 0.2) is 0 Å². The molecule has 0 atom stereocenters. The normalized spacial score (nSPS) is 10.9. The first kappa shape index (κ1) is 17.5. The van der Waals surface area contributed by atoms with Gasteiger partial charge in [-0.3, -0.25) is 0 Å². The second-order valence-electron chi connectivity index (χ2n) is 6.43. The number of nitrogens with zero attached hydrogens (tertiary/aromatic N) is 2. The molecular weight excluding hydrogens is 354 g/mol. The summed E-state index contributed by atoms with van der Waals surface area (Å²) < 4.78 is 5.51. The van der Waals surface area contributed by atoms with Gasteiger partial charge in [-0.2, -0.15) is 0 Å². The summed E-state index contributed by atoms with van der Waals surface area (Å²) in [5.41, 5.74) is 5.89. The monoisotopic (exact) mass is 375 g/mol. The topological polar surface area (TPSA) is 47.0 Å². The zero-order valence-corrected chi connectivity index (χ0v) is 16.4. The molecule has 2 aromatic heterocycles. The number of aryl methyl sites for hydroxylation is 2. The van der Waals surface area contributed by atoms with Crippen LogP contribution in [0.25, 0.3) is 21.3 Å². The van der Waals surface area contributed by atoms with Crippen molar-refractivity contribution in [3.63, 3.8) is 0 Å². The predicted octanol–water partition coefficient (Wildman–Crippen LogP) is 6.12. The molecule has 4 rings (SSSR count). The van der Waals surface area contributed by atoms with Gasteiger partial charge in [-0.25, -0.2) is 9.97 Å². The van der Waals surface area contributed by atoms with Crippen LogP contribution in [-0.4, -0.2) is 16.6 Å². The fourth-order valence-corrected chi connectivity index (χ4v) is 3.95. The molecule has 27 heavy (non-hydrogen) atoms. The van der Waals surface area contributed by atoms with Crippen molar-refractivity contribution >= 4 is 33.1 Å². The average Bonchev–Trinajstić information content (AvgIpc) is 3.11. The molecule has 4 aromatic rings. The van der Waals surface area contributed by atoms with Crippen LogP contribution in [0.4, 0.5) is 11.5 Å². The maximum absolute atomic E-state index is 5.51. The highest BCUT2D eigenvalue weighted by molar-refractivity contribution is 7.17. The summed E-state index contributed by atoms with van der Waals surface area (Å²) in [6, 6.07) is 14.5. The lowest BCUT2D eigenvalue weighted by Crippen LogP contribution is -1.96. The van der Waals surface area contributed by atoms with Crippen molar-refractivity contribution in [2.24, 2.45) is 0 Å². The van der Waals surface area contributed by atoms with E-state index in [1.54, 1.807) is 17.7 Å². The van der Waals surface area contributed by atoms with E-state index in [2.05, 4.69) is 52.7 Å². The number of thiophene rings is 1. The van der Waals surface area contributed by atoms with E-state index in [1.807, 2.05) is 31.2 Å². The van der Waals surface area contributed by atoms with Crippen LogP contribution in [-0.2, 0) is 0 Å². The highest BCUT2D eigenvalue weighted by atomic mass is 32.1. The molecule has 4 nitrogen and oxygen atoms in total. The molecule has 0 aliphatic heterocycles. The number of hydrogen-bond acceptors (Lipinski definition) is 5. The number of fused-ring (bicyclic) bond motifs is 1. The fraction of sp³-hybridized carbons (Fsp3) is 0.182. The summed E-state index contributed by atoms with van der Waals surface area (Å²) in [4.78, 5) is 9.95. The summed E-state index contributed by atoms with van der Waals surface area (Å²) in [6.45, 7) is 6.91. The van der Waals surface area contributed by atoms with E-state index in [-0.39, 0.29) is 0 Å². The minimum atomic E-state index is 0.660. The first-order valence-corrected chi connectivity index (χ1v) is 9.83. The number of anilines is 2. The number of aromatic nitrogens is 2. The molecule has 0 radical (unpaired) electrons. The van der Waals surface area contributed by atoms with E-state index in [0.29, 0.717) is 6.61 Å². The molecule has 0 aliphatic rings. The third-order valence-corrected chi connectivity index (χ3v) is 5.50. The van der Waals surface area contributed by atoms with E-state index in [1.165, 1.54) is 16.7 Å². The predicted molar refractivity (Wildman–Crippen MR) is 113 cm³/mol. The zero-order valence-electron chi connectivity index (χ0n) is 15.6. The van der Waals surface area contributed by atoms with Crippen LogP contribution >= 0.6 is 11.3 Å². The largest absolute Gasteiger partial charge is 0.494 e. The summed E-state index contributed by atoms with van der Waals surface area (Å²) in [5.74, 6) is 1.68. The molecule has 0 saturated heterocycles. The van der Waals surface area contributed by atoms with Gasteiger partial charge < -0.3 is 10.1 Å². The molecule has 2 aromatic carbocycles. The number of benzene rings is 2. The van der Waals surface area contributed by atoms with Crippen LogP contribution in [0, 0.1) is 13.8 Å². The van der Waals surface area contributed by atoms with Crippen LogP contribution in [0.3, 0.4) is 0 Å². The SMILES string of the molecule is CCOc1ccc(Nc2ncnc3scc(-c4ccc(C)c(C)c4)c23)cc1. The Balaban J connectivity index is 1.75. The Labute approximate surface area is 162 Å². The van der Waals surface area contributed by atoms with Gasteiger partial charge in [0.25, 0.3) is 0 Å². The second kappa shape index (κ2) is 7.37. The van der Waals surface area contributed by atoms with Gasteiger partial charge in [0.2, 0.25) is 0 Å². The summed E-state index contributed by atoms with van der Waals surface area (Å²) in [7, 11) is 0. The molecule has 0 aliphatic carbocycles. The van der Waals surface area contributed by atoms with Gasteiger partial charge in [-0.15, -0.1) is 11.3 Å². The Kier molecular flexibility index (Phi) is 4.77. The standard InChI is InChI=1S/C22H21N3OS/c1-4-26-18-9-7-17(8-10-18)25-21-20-19(12-27-22(20)24-13-23-21)16-6-5-14(2)15(3)11-16/h5-13H,4H2,1-3H3,(H,23,24,25). The number of ether oxygens (including phenoxy) is 1. The molecule has 0 bridgehead atoms. The van der Waals surface area contributed by atoms with Crippen molar-refractivity contribution in [2.75, 3.05) is 11.9 Å². The van der Waals surface area contributed by atoms with E-state index in [0.717, 1.165) is 33.0 Å². The third kappa shape index (κ3) is 3.51. The van der Waals surface area contributed by atoms with Crippen molar-refractivity contribution in [2.45, 2.75) is 20.8 Å². The Hall–Kier alpha value is -2.92. The molecule has 1 N–H and O–H groups in total. The molecule has 136 valence electrons. The van der Waals surface area contributed by atoms with Gasteiger partial charge >= 0.3 is 0 Å². The third-order valence-electron chi connectivity index (χ3n) is 4.62. The van der Waals surface area contributed by atoms with Gasteiger partial charge in [-0.05, 0) is 61.7 Å². The quantitative estimate of drug-likeness (QED) is 0.457. The Morgan fingerprint density at radius 2 is 1.81 bits per heavy atom. The van der Waals surface area contributed by atoms with Crippen LogP contribution in [0.5, 0.6) is 5.75 Å². The van der Waals surface area contributed by atoms with Crippen LogP contribution < -0.4 is 10.1 Å². The Morgan fingerprint density at radius 1 is 1.00 bits per heavy atom. The maximum atomic E-state index is 5.51. The molecule has 0 saturated carbocycles. The van der Waals surface area contributed by atoms with Gasteiger partial charge in [0.1, 0.15) is 22.7 Å². The molecule has 2 heterocycles. The summed E-state index contributed by atoms with van der Waals surface area (Å²) in [5, 5.41) is 6.65. The van der Waals surface area contributed by atoms with E-state index in [4.69, 9.17) is 4.74 Å². The number of nitrogens with one attached hydrogen (secondary N) is 1. The molecule has 0 unspecified atom stereocenters. The first-order chi connectivity index (χ1) is 13.2. The summed E-state index contributed by atoms with van der Waals surface area (Å²) in [6.07, 6.45) is 1.61. The molecule has 0 amide bonds. The second-order valence-corrected chi connectivity index (χ2v) is 7.29. The minimum Gasteiger partial charge on any atom is -0.494 e. The maximum Gasteiger partial charge on any atom is 0.143 e. The molecule has 0 spiro atoms. The van der Waals surface area contributed by atoms with E-state index >= 15 is 0 Å². The Bertz CT molecular complexity index is 1090. The van der Waals surface area contributed by atoms with E-state index < -0.39 is 0 Å². The number of hydrogen-bond donors (Lipinski definition) is 1. The van der Waals surface area contributed by atoms with Gasteiger partial charge in [-0.1, -0.05) is 18.2 Å².